The van der Waals surface area contributed by atoms with Crippen LogP contribution in [0.3, 0.4) is 0 Å². The van der Waals surface area contributed by atoms with Gasteiger partial charge in [0.05, 0.1) is 5.60 Å². The van der Waals surface area contributed by atoms with Gasteiger partial charge in [-0.2, -0.15) is 0 Å². The van der Waals surface area contributed by atoms with E-state index in [4.69, 9.17) is 0 Å². The Balaban J connectivity index is 2.29. The summed E-state index contributed by atoms with van der Waals surface area (Å²) in [4.78, 5) is 0. The molecule has 3 atom stereocenters. The predicted molar refractivity (Wildman–Crippen MR) is 60.3 cm³/mol. The normalized spacial score (nSPS) is 32.6. The molecule has 2 N–H and O–H groups in total. The number of hydrogen-bond acceptors (Lipinski definition) is 2. The Kier molecular flexibility index (Phi) is 4.39. The van der Waals surface area contributed by atoms with Crippen LogP contribution in [0.5, 0.6) is 0 Å². The lowest BCUT2D eigenvalue weighted by molar-refractivity contribution is 0.0487. The smallest absolute Gasteiger partial charge is 0.0741 e. The van der Waals surface area contributed by atoms with Gasteiger partial charge >= 0.3 is 0 Å². The number of nitrogens with one attached hydrogen (secondary N) is 1. The van der Waals surface area contributed by atoms with Crippen LogP contribution in [-0.2, 0) is 0 Å². The molecule has 0 radical (unpaired) electrons. The molecule has 0 aromatic carbocycles. The van der Waals surface area contributed by atoms with E-state index in [0.29, 0.717) is 6.04 Å². The summed E-state index contributed by atoms with van der Waals surface area (Å²) in [5, 5.41) is 13.4. The first-order valence-electron chi connectivity index (χ1n) is 6.01. The van der Waals surface area contributed by atoms with E-state index in [9.17, 15) is 5.11 Å². The molecule has 1 aliphatic rings. The summed E-state index contributed by atoms with van der Waals surface area (Å²) in [6.45, 7) is 7.00. The van der Waals surface area contributed by atoms with E-state index in [2.05, 4.69) is 12.2 Å². The average Bonchev–Trinajstić information content (AvgIpc) is 2.17. The summed E-state index contributed by atoms with van der Waals surface area (Å²) < 4.78 is 0. The Hall–Kier alpha value is -0.0800. The van der Waals surface area contributed by atoms with Crippen molar-refractivity contribution in [1.29, 1.82) is 0 Å². The molecule has 0 aromatic rings. The van der Waals surface area contributed by atoms with Gasteiger partial charge in [0, 0.05) is 12.6 Å². The zero-order valence-electron chi connectivity index (χ0n) is 9.84. The van der Waals surface area contributed by atoms with Gasteiger partial charge in [-0.1, -0.05) is 26.7 Å². The van der Waals surface area contributed by atoms with Gasteiger partial charge in [0.25, 0.3) is 0 Å². The van der Waals surface area contributed by atoms with Gasteiger partial charge in [-0.3, -0.25) is 0 Å². The van der Waals surface area contributed by atoms with Crippen molar-refractivity contribution >= 4 is 0 Å². The molecule has 1 fully saturated rings. The van der Waals surface area contributed by atoms with Crippen LogP contribution in [0, 0.1) is 5.92 Å². The zero-order chi connectivity index (χ0) is 10.6. The number of hydrogen-bond donors (Lipinski definition) is 2. The molecule has 0 saturated heterocycles. The Morgan fingerprint density at radius 1 is 1.36 bits per heavy atom. The van der Waals surface area contributed by atoms with Gasteiger partial charge in [-0.15, -0.1) is 0 Å². The highest BCUT2D eigenvalue weighted by atomic mass is 16.3. The molecule has 0 heterocycles. The zero-order valence-corrected chi connectivity index (χ0v) is 9.84. The topological polar surface area (TPSA) is 32.3 Å². The van der Waals surface area contributed by atoms with Crippen molar-refractivity contribution in [2.45, 2.75) is 64.5 Å². The van der Waals surface area contributed by atoms with E-state index in [1.807, 2.05) is 13.8 Å². The molecule has 0 aliphatic heterocycles. The molecule has 0 amide bonds. The lowest BCUT2D eigenvalue weighted by Crippen LogP contribution is -2.45. The van der Waals surface area contributed by atoms with Crippen molar-refractivity contribution in [3.63, 3.8) is 0 Å². The third-order valence-electron chi connectivity index (χ3n) is 3.62. The predicted octanol–water partition coefficient (Wildman–Crippen LogP) is 2.32. The fourth-order valence-corrected chi connectivity index (χ4v) is 2.10. The minimum Gasteiger partial charge on any atom is -0.389 e. The van der Waals surface area contributed by atoms with Crippen LogP contribution >= 0.6 is 0 Å². The fourth-order valence-electron chi connectivity index (χ4n) is 2.10. The first-order valence-corrected chi connectivity index (χ1v) is 6.01. The molecule has 2 heteroatoms. The van der Waals surface area contributed by atoms with Gasteiger partial charge in [0.15, 0.2) is 0 Å². The quantitative estimate of drug-likeness (QED) is 0.728. The highest BCUT2D eigenvalue weighted by Crippen LogP contribution is 2.24. The van der Waals surface area contributed by atoms with Crippen LogP contribution < -0.4 is 5.32 Å². The van der Waals surface area contributed by atoms with Gasteiger partial charge < -0.3 is 10.4 Å². The first kappa shape index (κ1) is 12.0. The second kappa shape index (κ2) is 5.13. The van der Waals surface area contributed by atoms with E-state index in [1.54, 1.807) is 0 Å². The molecule has 3 unspecified atom stereocenters. The van der Waals surface area contributed by atoms with E-state index in [0.717, 1.165) is 18.9 Å². The molecule has 1 rings (SSSR count). The molecule has 84 valence electrons. The summed E-state index contributed by atoms with van der Waals surface area (Å²) in [5.74, 6) is 0.774. The maximum absolute atomic E-state index is 9.88. The van der Waals surface area contributed by atoms with Crippen LogP contribution in [0.2, 0.25) is 0 Å². The summed E-state index contributed by atoms with van der Waals surface area (Å²) >= 11 is 0. The summed E-state index contributed by atoms with van der Waals surface area (Å²) in [7, 11) is 0. The Morgan fingerprint density at radius 2 is 2.00 bits per heavy atom. The average molecular weight is 199 g/mol. The molecule has 0 aromatic heterocycles. The largest absolute Gasteiger partial charge is 0.389 e. The van der Waals surface area contributed by atoms with Gasteiger partial charge in [0.2, 0.25) is 0 Å². The third kappa shape index (κ3) is 3.58. The lowest BCUT2D eigenvalue weighted by atomic mass is 9.85. The first-order chi connectivity index (χ1) is 6.55. The van der Waals surface area contributed by atoms with Crippen LogP contribution in [0.4, 0.5) is 0 Å². The minimum absolute atomic E-state index is 0.531. The molecular formula is C12H25NO. The van der Waals surface area contributed by atoms with Gasteiger partial charge in [0.1, 0.15) is 0 Å². The third-order valence-corrected chi connectivity index (χ3v) is 3.62. The highest BCUT2D eigenvalue weighted by molar-refractivity contribution is 4.82. The van der Waals surface area contributed by atoms with E-state index in [-0.39, 0.29) is 0 Å². The van der Waals surface area contributed by atoms with E-state index in [1.165, 1.54) is 25.7 Å². The van der Waals surface area contributed by atoms with Crippen molar-refractivity contribution in [3.8, 4) is 0 Å². The van der Waals surface area contributed by atoms with Gasteiger partial charge in [-0.25, -0.2) is 0 Å². The molecule has 0 bridgehead atoms. The van der Waals surface area contributed by atoms with Crippen LogP contribution in [0.1, 0.15) is 52.9 Å². The Labute approximate surface area is 88.1 Å². The number of rotatable bonds is 4. The minimum atomic E-state index is -0.531. The monoisotopic (exact) mass is 199 g/mol. The fraction of sp³-hybridized carbons (Fsp3) is 1.00. The summed E-state index contributed by atoms with van der Waals surface area (Å²) in [6, 6.07) is 0.627. The van der Waals surface area contributed by atoms with Gasteiger partial charge in [-0.05, 0) is 32.1 Å². The lowest BCUT2D eigenvalue weighted by Gasteiger charge is -2.32. The number of aliphatic hydroxyl groups is 1. The van der Waals surface area contributed by atoms with E-state index >= 15 is 0 Å². The van der Waals surface area contributed by atoms with Crippen LogP contribution in [0.25, 0.3) is 0 Å². The standard InChI is InChI=1S/C12H25NO/c1-4-12(3,14)9-13-11-8-6-5-7-10(11)2/h10-11,13-14H,4-9H2,1-3H3. The summed E-state index contributed by atoms with van der Waals surface area (Å²) in [5.41, 5.74) is -0.531. The Morgan fingerprint density at radius 3 is 2.57 bits per heavy atom. The molecular weight excluding hydrogens is 174 g/mol. The molecule has 0 spiro atoms. The summed E-state index contributed by atoms with van der Waals surface area (Å²) in [6.07, 6.45) is 6.16. The van der Waals surface area contributed by atoms with Crippen molar-refractivity contribution in [2.24, 2.45) is 5.92 Å². The highest BCUT2D eigenvalue weighted by Gasteiger charge is 2.24. The van der Waals surface area contributed by atoms with E-state index < -0.39 is 5.60 Å². The maximum atomic E-state index is 9.88. The second-order valence-electron chi connectivity index (χ2n) is 5.10. The SMILES string of the molecule is CCC(C)(O)CNC1CCCCC1C. The van der Waals surface area contributed by atoms with Crippen molar-refractivity contribution < 1.29 is 5.11 Å². The second-order valence-corrected chi connectivity index (χ2v) is 5.10. The van der Waals surface area contributed by atoms with Crippen LogP contribution in [0.15, 0.2) is 0 Å². The van der Waals surface area contributed by atoms with Crippen molar-refractivity contribution in [1.82, 2.24) is 5.32 Å². The molecule has 14 heavy (non-hydrogen) atoms. The van der Waals surface area contributed by atoms with Crippen molar-refractivity contribution in [3.05, 3.63) is 0 Å². The van der Waals surface area contributed by atoms with Crippen LogP contribution in [-0.4, -0.2) is 23.3 Å². The molecule has 1 aliphatic carbocycles. The maximum Gasteiger partial charge on any atom is 0.0741 e. The Bertz CT molecular complexity index is 168. The van der Waals surface area contributed by atoms with Crippen molar-refractivity contribution in [2.75, 3.05) is 6.54 Å². The molecule has 2 nitrogen and oxygen atoms in total. The molecule has 1 saturated carbocycles.